The van der Waals surface area contributed by atoms with Crippen molar-refractivity contribution in [1.82, 2.24) is 0 Å². The highest BCUT2D eigenvalue weighted by atomic mass is 16.7. The van der Waals surface area contributed by atoms with E-state index in [1.165, 1.54) is 0 Å². The Hall–Kier alpha value is -0.590. The molecule has 7 atom stereocenters. The molecule has 3 nitrogen and oxygen atoms in total. The zero-order valence-corrected chi connectivity index (χ0v) is 5.81. The van der Waals surface area contributed by atoms with Gasteiger partial charge in [0, 0.05) is 11.8 Å². The maximum Gasteiger partial charge on any atom is 0.113 e. The van der Waals surface area contributed by atoms with E-state index in [1.807, 2.05) is 0 Å². The lowest BCUT2D eigenvalue weighted by atomic mass is 10.0. The first-order valence-corrected chi connectivity index (χ1v) is 4.12. The molecule has 11 heavy (non-hydrogen) atoms. The Labute approximate surface area is 63.9 Å². The molecule has 3 heteroatoms. The zero-order valence-electron chi connectivity index (χ0n) is 5.81. The van der Waals surface area contributed by atoms with Crippen LogP contribution >= 0.6 is 0 Å². The van der Waals surface area contributed by atoms with E-state index in [2.05, 4.69) is 6.07 Å². The molecule has 2 aliphatic heterocycles. The largest absolute Gasteiger partial charge is 0.366 e. The number of hydrogen-bond acceptors (Lipinski definition) is 3. The molecule has 4 aliphatic rings. The first kappa shape index (κ1) is 5.13. The van der Waals surface area contributed by atoms with Gasteiger partial charge in [-0.2, -0.15) is 5.26 Å². The highest BCUT2D eigenvalue weighted by molar-refractivity contribution is 5.28. The molecule has 0 N–H and O–H groups in total. The fourth-order valence-electron chi connectivity index (χ4n) is 2.80. The van der Waals surface area contributed by atoms with Crippen molar-refractivity contribution in [3.8, 4) is 6.07 Å². The SMILES string of the molecule is N#CC1[C@@H]2[C@@H]3O[C@@H]3[C@H]3O[C@@H]3[C@H]12. The van der Waals surface area contributed by atoms with Gasteiger partial charge in [-0.25, -0.2) is 0 Å². The predicted octanol–water partition coefficient (Wildman–Crippen LogP) is -0.0794. The number of ether oxygens (including phenoxy) is 2. The molecule has 1 unspecified atom stereocenters. The second-order valence-corrected chi connectivity index (χ2v) is 3.94. The molecule has 0 aromatic heterocycles. The Balaban J connectivity index is 1.75. The van der Waals surface area contributed by atoms with Crippen LogP contribution in [0.1, 0.15) is 0 Å². The summed E-state index contributed by atoms with van der Waals surface area (Å²) in [6.07, 6.45) is 1.54. The Kier molecular flexibility index (Phi) is 0.566. The first-order valence-electron chi connectivity index (χ1n) is 4.12. The van der Waals surface area contributed by atoms with E-state index < -0.39 is 0 Å². The topological polar surface area (TPSA) is 48.9 Å². The lowest BCUT2D eigenvalue weighted by Crippen LogP contribution is -2.14. The van der Waals surface area contributed by atoms with E-state index >= 15 is 0 Å². The molecule has 0 aromatic carbocycles. The maximum absolute atomic E-state index is 8.75. The molecule has 56 valence electrons. The number of fused-ring (bicyclic) bond motifs is 6. The van der Waals surface area contributed by atoms with Crippen LogP contribution in [0.3, 0.4) is 0 Å². The van der Waals surface area contributed by atoms with Gasteiger partial charge in [0.2, 0.25) is 0 Å². The predicted molar refractivity (Wildman–Crippen MR) is 33.4 cm³/mol. The third-order valence-electron chi connectivity index (χ3n) is 3.49. The highest BCUT2D eigenvalue weighted by Gasteiger charge is 2.79. The van der Waals surface area contributed by atoms with Crippen molar-refractivity contribution in [2.24, 2.45) is 17.8 Å². The molecule has 0 amide bonds. The van der Waals surface area contributed by atoms with Crippen LogP contribution in [-0.4, -0.2) is 24.4 Å². The van der Waals surface area contributed by atoms with Crippen LogP contribution < -0.4 is 0 Å². The lowest BCUT2D eigenvalue weighted by molar-refractivity contribution is 0.286. The molecule has 0 aromatic rings. The Morgan fingerprint density at radius 3 is 1.91 bits per heavy atom. The molecule has 2 heterocycles. The van der Waals surface area contributed by atoms with Crippen LogP contribution in [0.2, 0.25) is 0 Å². The number of nitriles is 1. The van der Waals surface area contributed by atoms with Crippen LogP contribution in [0.25, 0.3) is 0 Å². The van der Waals surface area contributed by atoms with Crippen molar-refractivity contribution >= 4 is 0 Å². The summed E-state index contributed by atoms with van der Waals surface area (Å²) in [7, 11) is 0. The van der Waals surface area contributed by atoms with Gasteiger partial charge in [0.15, 0.2) is 0 Å². The van der Waals surface area contributed by atoms with Gasteiger partial charge in [-0.3, -0.25) is 0 Å². The van der Waals surface area contributed by atoms with E-state index in [4.69, 9.17) is 14.7 Å². The smallest absolute Gasteiger partial charge is 0.113 e. The summed E-state index contributed by atoms with van der Waals surface area (Å²) in [5, 5.41) is 8.75. The van der Waals surface area contributed by atoms with E-state index in [9.17, 15) is 0 Å². The fourth-order valence-corrected chi connectivity index (χ4v) is 2.80. The molecular formula is C8H7NO2. The summed E-state index contributed by atoms with van der Waals surface area (Å²) in [6.45, 7) is 0. The molecule has 2 aliphatic carbocycles. The number of hydrogen-bond donors (Lipinski definition) is 0. The quantitative estimate of drug-likeness (QED) is 0.452. The van der Waals surface area contributed by atoms with Crippen LogP contribution in [0.4, 0.5) is 0 Å². The average molecular weight is 149 g/mol. The zero-order chi connectivity index (χ0) is 7.16. The second-order valence-electron chi connectivity index (χ2n) is 3.94. The summed E-state index contributed by atoms with van der Waals surface area (Å²) in [5.74, 6) is 1.32. The average Bonchev–Trinajstić information content (AvgIpc) is 2.86. The molecular weight excluding hydrogens is 142 g/mol. The van der Waals surface area contributed by atoms with Crippen LogP contribution in [0.15, 0.2) is 0 Å². The van der Waals surface area contributed by atoms with Gasteiger partial charge < -0.3 is 9.47 Å². The number of epoxide rings is 2. The van der Waals surface area contributed by atoms with Crippen LogP contribution in [0.5, 0.6) is 0 Å². The second kappa shape index (κ2) is 1.21. The van der Waals surface area contributed by atoms with Crippen LogP contribution in [-0.2, 0) is 9.47 Å². The van der Waals surface area contributed by atoms with Gasteiger partial charge in [-0.1, -0.05) is 0 Å². The molecule has 0 spiro atoms. The molecule has 4 fully saturated rings. The van der Waals surface area contributed by atoms with Gasteiger partial charge in [0.1, 0.15) is 12.2 Å². The molecule has 0 radical (unpaired) electrons. The minimum absolute atomic E-state index is 0.252. The van der Waals surface area contributed by atoms with E-state index in [1.54, 1.807) is 0 Å². The number of rotatable bonds is 0. The summed E-state index contributed by atoms with van der Waals surface area (Å²) in [6, 6.07) is 2.34. The summed E-state index contributed by atoms with van der Waals surface area (Å²) in [4.78, 5) is 0. The lowest BCUT2D eigenvalue weighted by Gasteiger charge is -1.93. The summed E-state index contributed by atoms with van der Waals surface area (Å²) >= 11 is 0. The molecule has 2 saturated heterocycles. The molecule has 2 saturated carbocycles. The highest BCUT2D eigenvalue weighted by Crippen LogP contribution is 2.67. The van der Waals surface area contributed by atoms with Gasteiger partial charge in [-0.05, 0) is 0 Å². The normalized spacial score (nSPS) is 73.5. The number of nitrogens with zero attached hydrogens (tertiary/aromatic N) is 1. The van der Waals surface area contributed by atoms with Crippen molar-refractivity contribution in [3.05, 3.63) is 0 Å². The van der Waals surface area contributed by atoms with Crippen molar-refractivity contribution in [1.29, 1.82) is 5.26 Å². The molecule has 4 rings (SSSR count). The first-order chi connectivity index (χ1) is 5.42. The Bertz CT molecular complexity index is 262. The monoisotopic (exact) mass is 149 g/mol. The fraction of sp³-hybridized carbons (Fsp3) is 0.875. The van der Waals surface area contributed by atoms with E-state index in [-0.39, 0.29) is 5.92 Å². The Morgan fingerprint density at radius 2 is 1.45 bits per heavy atom. The van der Waals surface area contributed by atoms with Crippen molar-refractivity contribution in [2.75, 3.05) is 0 Å². The minimum atomic E-state index is 0.252. The Morgan fingerprint density at radius 1 is 0.909 bits per heavy atom. The van der Waals surface area contributed by atoms with Crippen molar-refractivity contribution in [2.45, 2.75) is 24.4 Å². The minimum Gasteiger partial charge on any atom is -0.366 e. The summed E-state index contributed by atoms with van der Waals surface area (Å²) < 4.78 is 10.9. The van der Waals surface area contributed by atoms with Crippen LogP contribution in [0, 0.1) is 29.1 Å². The third-order valence-corrected chi connectivity index (χ3v) is 3.49. The van der Waals surface area contributed by atoms with Gasteiger partial charge in [0.05, 0.1) is 24.2 Å². The summed E-state index contributed by atoms with van der Waals surface area (Å²) in [5.41, 5.74) is 0. The molecule has 0 bridgehead atoms. The standard InChI is InChI=1S/C8H7NO2/c9-1-2-3-4(2)6-8(11-6)7-5(3)10-7/h2-8H/t2?,3-,4+,5-,6+,7-,8-/m0/s1. The van der Waals surface area contributed by atoms with Crippen molar-refractivity contribution in [3.63, 3.8) is 0 Å². The maximum atomic E-state index is 8.75. The van der Waals surface area contributed by atoms with E-state index in [0.29, 0.717) is 36.3 Å². The van der Waals surface area contributed by atoms with Gasteiger partial charge in [-0.15, -0.1) is 0 Å². The van der Waals surface area contributed by atoms with E-state index in [0.717, 1.165) is 0 Å². The van der Waals surface area contributed by atoms with Gasteiger partial charge in [0.25, 0.3) is 0 Å². The van der Waals surface area contributed by atoms with Crippen molar-refractivity contribution < 1.29 is 9.47 Å². The third kappa shape index (κ3) is 0.412. The van der Waals surface area contributed by atoms with Gasteiger partial charge >= 0.3 is 0 Å².